The molecule has 0 atom stereocenters. The maximum atomic E-state index is 13.7. The molecule has 2 N–H and O–H groups in total. The number of nitrogens with zero attached hydrogens (tertiary/aromatic N) is 7. The van der Waals surface area contributed by atoms with Crippen LogP contribution in [-0.4, -0.2) is 39.3 Å². The van der Waals surface area contributed by atoms with Crippen LogP contribution >= 0.6 is 0 Å². The van der Waals surface area contributed by atoms with Crippen LogP contribution in [0.5, 0.6) is 0 Å². The van der Waals surface area contributed by atoms with E-state index in [1.807, 2.05) is 53.0 Å². The fraction of sp³-hybridized carbons (Fsp3) is 0.292. The average Bonchev–Trinajstić information content (AvgIpc) is 3.62. The number of nitrogens with one attached hydrogen (secondary N) is 2. The van der Waals surface area contributed by atoms with Crippen molar-refractivity contribution < 1.29 is 0 Å². The van der Waals surface area contributed by atoms with Gasteiger partial charge in [-0.1, -0.05) is 43.7 Å². The first-order valence-electron chi connectivity index (χ1n) is 11.4. The highest BCUT2D eigenvalue weighted by Crippen LogP contribution is 2.33. The quantitative estimate of drug-likeness (QED) is 0.421. The molecule has 0 amide bonds. The lowest BCUT2D eigenvalue weighted by atomic mass is 9.78. The van der Waals surface area contributed by atoms with Crippen molar-refractivity contribution in [2.45, 2.75) is 45.2 Å². The highest BCUT2D eigenvalue weighted by Gasteiger charge is 2.31. The number of H-pyrrole nitrogens is 1. The number of imidazole rings is 2. The molecule has 3 aromatic heterocycles. The summed E-state index contributed by atoms with van der Waals surface area (Å²) < 4.78 is 5.50. The lowest BCUT2D eigenvalue weighted by Crippen LogP contribution is -2.36. The molecule has 5 rings (SSSR count). The Morgan fingerprint density at radius 1 is 1.15 bits per heavy atom. The molecule has 0 bridgehead atoms. The minimum atomic E-state index is -0.538. The van der Waals surface area contributed by atoms with E-state index in [0.29, 0.717) is 18.3 Å². The molecule has 1 aliphatic heterocycles. The van der Waals surface area contributed by atoms with Crippen molar-refractivity contribution in [3.05, 3.63) is 89.1 Å². The van der Waals surface area contributed by atoms with E-state index in [4.69, 9.17) is 0 Å². The lowest BCUT2D eigenvalue weighted by Gasteiger charge is -2.31. The van der Waals surface area contributed by atoms with Gasteiger partial charge in [0.2, 0.25) is 11.8 Å². The summed E-state index contributed by atoms with van der Waals surface area (Å²) in [6.07, 6.45) is 15.3. The van der Waals surface area contributed by atoms with Crippen molar-refractivity contribution in [2.24, 2.45) is 0 Å². The smallest absolute Gasteiger partial charge is 0.335 e. The third-order valence-electron chi connectivity index (χ3n) is 6.19. The predicted molar refractivity (Wildman–Crippen MR) is 128 cm³/mol. The molecule has 0 saturated heterocycles. The summed E-state index contributed by atoms with van der Waals surface area (Å²) in [5.74, 6) is 1.16. The van der Waals surface area contributed by atoms with Gasteiger partial charge in [0.05, 0.1) is 5.41 Å². The largest absolute Gasteiger partial charge is 0.368 e. The third kappa shape index (κ3) is 3.76. The Hall–Kier alpha value is -4.21. The van der Waals surface area contributed by atoms with E-state index in [2.05, 4.69) is 62.1 Å². The molecular weight excluding hydrogens is 430 g/mol. The molecule has 0 radical (unpaired) electrons. The molecule has 10 heteroatoms. The van der Waals surface area contributed by atoms with E-state index < -0.39 is 5.41 Å². The van der Waals surface area contributed by atoms with Crippen LogP contribution in [0.4, 0.5) is 0 Å². The van der Waals surface area contributed by atoms with Crippen LogP contribution in [0, 0.1) is 0 Å². The van der Waals surface area contributed by atoms with Crippen LogP contribution in [0.3, 0.4) is 0 Å². The molecule has 1 aliphatic rings. The first-order valence-corrected chi connectivity index (χ1v) is 11.4. The van der Waals surface area contributed by atoms with Crippen molar-refractivity contribution in [3.8, 4) is 17.3 Å². The summed E-state index contributed by atoms with van der Waals surface area (Å²) in [6.45, 7) is 5.34. The average molecular weight is 458 g/mol. The van der Waals surface area contributed by atoms with Gasteiger partial charge in [-0.05, 0) is 42.6 Å². The maximum absolute atomic E-state index is 13.7. The first kappa shape index (κ1) is 21.6. The van der Waals surface area contributed by atoms with Crippen molar-refractivity contribution in [3.63, 3.8) is 0 Å². The van der Waals surface area contributed by atoms with Crippen LogP contribution in [0.1, 0.15) is 31.5 Å². The van der Waals surface area contributed by atoms with E-state index in [1.54, 1.807) is 10.8 Å². The third-order valence-corrected chi connectivity index (χ3v) is 6.19. The fourth-order valence-corrected chi connectivity index (χ4v) is 4.45. The van der Waals surface area contributed by atoms with Crippen LogP contribution < -0.4 is 11.0 Å². The topological polar surface area (TPSA) is 111 Å². The van der Waals surface area contributed by atoms with Gasteiger partial charge < -0.3 is 9.88 Å². The number of hydrogen-bond donors (Lipinski definition) is 2. The van der Waals surface area contributed by atoms with Gasteiger partial charge in [0.15, 0.2) is 0 Å². The highest BCUT2D eigenvalue weighted by molar-refractivity contribution is 5.57. The van der Waals surface area contributed by atoms with Crippen LogP contribution in [-0.2, 0) is 24.9 Å². The van der Waals surface area contributed by atoms with Crippen LogP contribution in [0.2, 0.25) is 0 Å². The normalized spacial score (nSPS) is 14.4. The minimum Gasteiger partial charge on any atom is -0.368 e. The number of rotatable bonds is 8. The minimum absolute atomic E-state index is 0.0987. The molecule has 1 aromatic carbocycles. The molecule has 0 unspecified atom stereocenters. The zero-order valence-corrected chi connectivity index (χ0v) is 19.2. The van der Waals surface area contributed by atoms with Gasteiger partial charge in [-0.2, -0.15) is 5.21 Å². The molecule has 0 fully saturated rings. The summed E-state index contributed by atoms with van der Waals surface area (Å²) >= 11 is 0. The van der Waals surface area contributed by atoms with E-state index in [-0.39, 0.29) is 5.69 Å². The number of allylic oxidation sites excluding steroid dienone is 2. The first-order chi connectivity index (χ1) is 16.6. The van der Waals surface area contributed by atoms with E-state index in [0.717, 1.165) is 36.2 Å². The Morgan fingerprint density at radius 3 is 2.74 bits per heavy atom. The number of benzene rings is 1. The maximum Gasteiger partial charge on any atom is 0.335 e. The summed E-state index contributed by atoms with van der Waals surface area (Å²) in [4.78, 5) is 18.2. The molecule has 0 aliphatic carbocycles. The molecule has 34 heavy (non-hydrogen) atoms. The number of hydrogen-bond acceptors (Lipinski definition) is 6. The van der Waals surface area contributed by atoms with Crippen LogP contribution in [0.25, 0.3) is 17.3 Å². The molecule has 0 saturated carbocycles. The van der Waals surface area contributed by atoms with Crippen molar-refractivity contribution in [2.75, 3.05) is 0 Å². The summed E-state index contributed by atoms with van der Waals surface area (Å²) in [7, 11) is 0. The second kappa shape index (κ2) is 8.97. The number of tetrazole rings is 1. The van der Waals surface area contributed by atoms with Gasteiger partial charge in [0, 0.05) is 42.9 Å². The predicted octanol–water partition coefficient (Wildman–Crippen LogP) is 2.56. The Kier molecular flexibility index (Phi) is 5.70. The second-order valence-corrected chi connectivity index (χ2v) is 8.31. The Labute approximate surface area is 196 Å². The molecule has 174 valence electrons. The van der Waals surface area contributed by atoms with Gasteiger partial charge in [-0.25, -0.2) is 14.3 Å². The zero-order chi connectivity index (χ0) is 23.5. The number of aromatic amines is 1. The summed E-state index contributed by atoms with van der Waals surface area (Å²) in [5.41, 5.74) is 2.23. The van der Waals surface area contributed by atoms with E-state index in [1.165, 1.54) is 0 Å². The second-order valence-electron chi connectivity index (χ2n) is 8.31. The SMILES string of the molecule is CCCc1cn(-c2nccn2CC)c(=O)n1CC1(c2cccc(-c3nn[nH]n3)c2)C=CNC=C1. The van der Waals surface area contributed by atoms with Crippen molar-refractivity contribution in [1.82, 2.24) is 44.6 Å². The van der Waals surface area contributed by atoms with Crippen LogP contribution in [0.15, 0.2) is 72.2 Å². The Morgan fingerprint density at radius 2 is 2.00 bits per heavy atom. The van der Waals surface area contributed by atoms with Gasteiger partial charge in [-0.3, -0.25) is 4.57 Å². The Bertz CT molecular complexity index is 1380. The van der Waals surface area contributed by atoms with E-state index >= 15 is 0 Å². The standard InChI is InChI=1S/C24H27N9O/c1-3-6-20-16-32(22-26-13-14-31(22)4-2)23(34)33(20)17-24(9-11-25-12-10-24)19-8-5-7-18(15-19)21-27-29-30-28-21/h5,7-16,25H,3-4,6,17H2,1-2H3,(H,27,28,29,30). The fourth-order valence-electron chi connectivity index (χ4n) is 4.45. The number of aromatic nitrogens is 8. The van der Waals surface area contributed by atoms with Crippen molar-refractivity contribution >= 4 is 0 Å². The van der Waals surface area contributed by atoms with Gasteiger partial charge in [0.1, 0.15) is 0 Å². The molecule has 10 nitrogen and oxygen atoms in total. The van der Waals surface area contributed by atoms with E-state index in [9.17, 15) is 4.79 Å². The summed E-state index contributed by atoms with van der Waals surface area (Å²) in [5, 5.41) is 17.5. The lowest BCUT2D eigenvalue weighted by molar-refractivity contribution is 0.496. The number of aryl methyl sites for hydroxylation is 2. The number of dihydropyridines is 1. The monoisotopic (exact) mass is 457 g/mol. The van der Waals surface area contributed by atoms with Gasteiger partial charge >= 0.3 is 5.69 Å². The van der Waals surface area contributed by atoms with Gasteiger partial charge in [-0.15, -0.1) is 10.2 Å². The van der Waals surface area contributed by atoms with Crippen molar-refractivity contribution in [1.29, 1.82) is 0 Å². The Balaban J connectivity index is 1.62. The summed E-state index contributed by atoms with van der Waals surface area (Å²) in [6, 6.07) is 8.04. The molecule has 0 spiro atoms. The molecular formula is C24H27N9O. The molecule has 4 heterocycles. The molecule has 4 aromatic rings. The zero-order valence-electron chi connectivity index (χ0n) is 19.2. The van der Waals surface area contributed by atoms with Gasteiger partial charge in [0.25, 0.3) is 0 Å². The highest BCUT2D eigenvalue weighted by atomic mass is 16.1.